The van der Waals surface area contributed by atoms with Crippen molar-refractivity contribution in [3.05, 3.63) is 55.7 Å². The van der Waals surface area contributed by atoms with E-state index in [1.54, 1.807) is 23.5 Å². The summed E-state index contributed by atoms with van der Waals surface area (Å²) in [5.74, 6) is 0.159. The summed E-state index contributed by atoms with van der Waals surface area (Å²) in [7, 11) is 0. The molecule has 1 fully saturated rings. The average molecular weight is 394 g/mol. The van der Waals surface area contributed by atoms with Gasteiger partial charge in [-0.2, -0.15) is 0 Å². The number of carbonyl (C=O) groups excluding carboxylic acids is 1. The number of nitro benzene ring substituents is 1. The van der Waals surface area contributed by atoms with E-state index in [-0.39, 0.29) is 11.6 Å². The predicted octanol–water partition coefficient (Wildman–Crippen LogP) is 3.98. The first-order valence-electron chi connectivity index (χ1n) is 8.53. The van der Waals surface area contributed by atoms with Crippen LogP contribution in [0.3, 0.4) is 0 Å². The van der Waals surface area contributed by atoms with Crippen molar-refractivity contribution in [2.24, 2.45) is 0 Å². The molecule has 0 bridgehead atoms. The number of anilines is 1. The molecule has 0 unspecified atom stereocenters. The molecule has 138 valence electrons. The normalized spacial score (nSPS) is 14.5. The molecule has 2 aromatic rings. The van der Waals surface area contributed by atoms with Crippen molar-refractivity contribution in [2.75, 3.05) is 31.1 Å². The van der Waals surface area contributed by atoms with Crippen molar-refractivity contribution in [3.63, 3.8) is 0 Å². The third kappa shape index (κ3) is 4.53. The van der Waals surface area contributed by atoms with Gasteiger partial charge < -0.3 is 9.80 Å². The summed E-state index contributed by atoms with van der Waals surface area (Å²) in [5, 5.41) is 13.7. The maximum atomic E-state index is 12.4. The topological polar surface area (TPSA) is 66.7 Å². The average Bonchev–Trinajstić information content (AvgIpc) is 3.15. The second kappa shape index (κ2) is 8.51. The lowest BCUT2D eigenvalue weighted by Gasteiger charge is -2.36. The SMILES string of the molecule is O=C(CCCc1cccs1)N1CCN(c2ccc(Cl)cc2[N+](=O)[O-])CC1. The zero-order valence-corrected chi connectivity index (χ0v) is 15.8. The lowest BCUT2D eigenvalue weighted by molar-refractivity contribution is -0.384. The van der Waals surface area contributed by atoms with Gasteiger partial charge in [0.2, 0.25) is 5.91 Å². The highest BCUT2D eigenvalue weighted by molar-refractivity contribution is 7.09. The molecular formula is C18H20ClN3O3S. The van der Waals surface area contributed by atoms with Crippen LogP contribution in [0.25, 0.3) is 0 Å². The number of piperazine rings is 1. The first-order valence-corrected chi connectivity index (χ1v) is 9.79. The quantitative estimate of drug-likeness (QED) is 0.550. The van der Waals surface area contributed by atoms with Gasteiger partial charge in [0.1, 0.15) is 5.69 Å². The number of hydrogen-bond donors (Lipinski definition) is 0. The minimum Gasteiger partial charge on any atom is -0.362 e. The molecule has 8 heteroatoms. The lowest BCUT2D eigenvalue weighted by atomic mass is 10.1. The van der Waals surface area contributed by atoms with E-state index in [9.17, 15) is 14.9 Å². The molecular weight excluding hydrogens is 374 g/mol. The number of rotatable bonds is 6. The van der Waals surface area contributed by atoms with Crippen molar-refractivity contribution < 1.29 is 9.72 Å². The molecule has 1 aliphatic heterocycles. The Hall–Kier alpha value is -2.12. The van der Waals surface area contributed by atoms with Crippen LogP contribution in [0.5, 0.6) is 0 Å². The molecule has 0 atom stereocenters. The Labute approximate surface area is 161 Å². The number of nitro groups is 1. The molecule has 0 N–H and O–H groups in total. The number of amides is 1. The Morgan fingerprint density at radius 3 is 2.65 bits per heavy atom. The fourth-order valence-electron chi connectivity index (χ4n) is 3.13. The molecule has 3 rings (SSSR count). The highest BCUT2D eigenvalue weighted by atomic mass is 35.5. The van der Waals surface area contributed by atoms with Gasteiger partial charge in [0.05, 0.1) is 4.92 Å². The van der Waals surface area contributed by atoms with Crippen molar-refractivity contribution >= 4 is 40.2 Å². The van der Waals surface area contributed by atoms with Crippen molar-refractivity contribution in [2.45, 2.75) is 19.3 Å². The van der Waals surface area contributed by atoms with Crippen LogP contribution >= 0.6 is 22.9 Å². The molecule has 1 aromatic carbocycles. The van der Waals surface area contributed by atoms with Gasteiger partial charge in [0.25, 0.3) is 5.69 Å². The van der Waals surface area contributed by atoms with Gasteiger partial charge in [-0.1, -0.05) is 17.7 Å². The number of thiophene rings is 1. The number of halogens is 1. The van der Waals surface area contributed by atoms with Gasteiger partial charge in [-0.15, -0.1) is 11.3 Å². The summed E-state index contributed by atoms with van der Waals surface area (Å²) in [6, 6.07) is 8.83. The Morgan fingerprint density at radius 1 is 1.23 bits per heavy atom. The third-order valence-electron chi connectivity index (χ3n) is 4.50. The van der Waals surface area contributed by atoms with Crippen LogP contribution in [0.4, 0.5) is 11.4 Å². The highest BCUT2D eigenvalue weighted by Gasteiger charge is 2.25. The largest absolute Gasteiger partial charge is 0.362 e. The second-order valence-corrected chi connectivity index (χ2v) is 7.66. The molecule has 1 amide bonds. The fourth-order valence-corrected chi connectivity index (χ4v) is 4.05. The predicted molar refractivity (Wildman–Crippen MR) is 104 cm³/mol. The molecule has 1 saturated heterocycles. The van der Waals surface area contributed by atoms with Crippen LogP contribution in [0, 0.1) is 10.1 Å². The van der Waals surface area contributed by atoms with Gasteiger partial charge in [-0.25, -0.2) is 0 Å². The Kier molecular flexibility index (Phi) is 6.11. The van der Waals surface area contributed by atoms with Crippen LogP contribution < -0.4 is 4.90 Å². The van der Waals surface area contributed by atoms with Gasteiger partial charge in [0, 0.05) is 48.6 Å². The van der Waals surface area contributed by atoms with Gasteiger partial charge in [-0.05, 0) is 36.4 Å². The molecule has 0 aliphatic carbocycles. The van der Waals surface area contributed by atoms with Gasteiger partial charge >= 0.3 is 0 Å². The van der Waals surface area contributed by atoms with Crippen LogP contribution in [0.15, 0.2) is 35.7 Å². The van der Waals surface area contributed by atoms with E-state index in [1.807, 2.05) is 21.2 Å². The molecule has 0 spiro atoms. The first kappa shape index (κ1) is 18.7. The maximum absolute atomic E-state index is 12.4. The Morgan fingerprint density at radius 2 is 2.00 bits per heavy atom. The Bertz CT molecular complexity index is 774. The Balaban J connectivity index is 1.52. The molecule has 0 radical (unpaired) electrons. The lowest BCUT2D eigenvalue weighted by Crippen LogP contribution is -2.48. The summed E-state index contributed by atoms with van der Waals surface area (Å²) in [6.07, 6.45) is 2.32. The summed E-state index contributed by atoms with van der Waals surface area (Å²) in [5.41, 5.74) is 0.567. The number of nitrogens with zero attached hydrogens (tertiary/aromatic N) is 3. The number of carbonyl (C=O) groups is 1. The van der Waals surface area contributed by atoms with E-state index >= 15 is 0 Å². The van der Waals surface area contributed by atoms with Gasteiger partial charge in [-0.3, -0.25) is 14.9 Å². The standard InChI is InChI=1S/C18H20ClN3O3S/c19-14-6-7-16(17(13-14)22(24)25)20-8-10-21(11-9-20)18(23)5-1-3-15-4-2-12-26-15/h2,4,6-7,12-13H,1,3,5,8-11H2. The minimum absolute atomic E-state index is 0.00762. The van der Waals surface area contributed by atoms with E-state index in [0.29, 0.717) is 43.3 Å². The minimum atomic E-state index is -0.413. The maximum Gasteiger partial charge on any atom is 0.294 e. The molecule has 6 nitrogen and oxygen atoms in total. The van der Waals surface area contributed by atoms with Crippen molar-refractivity contribution in [3.8, 4) is 0 Å². The monoisotopic (exact) mass is 393 g/mol. The van der Waals surface area contributed by atoms with E-state index in [1.165, 1.54) is 10.9 Å². The summed E-state index contributed by atoms with van der Waals surface area (Å²) in [4.78, 5) is 28.3. The van der Waals surface area contributed by atoms with Crippen LogP contribution in [0.2, 0.25) is 5.02 Å². The van der Waals surface area contributed by atoms with Crippen LogP contribution in [-0.4, -0.2) is 41.9 Å². The molecule has 1 aromatic heterocycles. The molecule has 2 heterocycles. The van der Waals surface area contributed by atoms with E-state index in [4.69, 9.17) is 11.6 Å². The van der Waals surface area contributed by atoms with Crippen molar-refractivity contribution in [1.29, 1.82) is 0 Å². The zero-order valence-electron chi connectivity index (χ0n) is 14.3. The summed E-state index contributed by atoms with van der Waals surface area (Å²) >= 11 is 7.59. The van der Waals surface area contributed by atoms with E-state index in [0.717, 1.165) is 12.8 Å². The zero-order chi connectivity index (χ0) is 18.5. The van der Waals surface area contributed by atoms with Crippen LogP contribution in [-0.2, 0) is 11.2 Å². The summed E-state index contributed by atoms with van der Waals surface area (Å²) in [6.45, 7) is 2.33. The number of benzene rings is 1. The number of hydrogen-bond acceptors (Lipinski definition) is 5. The highest BCUT2D eigenvalue weighted by Crippen LogP contribution is 2.31. The van der Waals surface area contributed by atoms with Crippen molar-refractivity contribution in [1.82, 2.24) is 4.90 Å². The first-order chi connectivity index (χ1) is 12.5. The number of aryl methyl sites for hydroxylation is 1. The fraction of sp³-hybridized carbons (Fsp3) is 0.389. The van der Waals surface area contributed by atoms with E-state index < -0.39 is 4.92 Å². The van der Waals surface area contributed by atoms with Crippen LogP contribution in [0.1, 0.15) is 17.7 Å². The smallest absolute Gasteiger partial charge is 0.294 e. The molecule has 0 saturated carbocycles. The third-order valence-corrected chi connectivity index (χ3v) is 5.67. The molecule has 26 heavy (non-hydrogen) atoms. The second-order valence-electron chi connectivity index (χ2n) is 6.19. The molecule has 1 aliphatic rings. The van der Waals surface area contributed by atoms with E-state index in [2.05, 4.69) is 6.07 Å². The summed E-state index contributed by atoms with van der Waals surface area (Å²) < 4.78 is 0. The van der Waals surface area contributed by atoms with Gasteiger partial charge in [0.15, 0.2) is 0 Å².